The van der Waals surface area contributed by atoms with Gasteiger partial charge < -0.3 is 74.7 Å². The lowest BCUT2D eigenvalue weighted by Gasteiger charge is -2.48. The zero-order chi connectivity index (χ0) is 26.4. The quantitative estimate of drug-likeness (QED) is 0.139. The van der Waals surface area contributed by atoms with Gasteiger partial charge in [0, 0.05) is 0 Å². The summed E-state index contributed by atoms with van der Waals surface area (Å²) in [4.78, 5) is 0. The van der Waals surface area contributed by atoms with Crippen LogP contribution in [0.5, 0.6) is 0 Å². The highest BCUT2D eigenvalue weighted by atomic mass is 16.8. The summed E-state index contributed by atoms with van der Waals surface area (Å²) in [7, 11) is 0. The Labute approximate surface area is 204 Å². The first-order chi connectivity index (χ1) is 17.1. The molecule has 10 N–H and O–H groups in total. The summed E-state index contributed by atoms with van der Waals surface area (Å²) in [6, 6.07) is 0. The molecule has 2 fully saturated rings. The van der Waals surface area contributed by atoms with Gasteiger partial charge in [0.2, 0.25) is 6.29 Å². The molecule has 0 radical (unpaired) electrons. The molecule has 0 bridgehead atoms. The fraction of sp³-hybridized carbons (Fsp3) is 0.810. The zero-order valence-electron chi connectivity index (χ0n) is 18.9. The maximum atomic E-state index is 10.9. The van der Waals surface area contributed by atoms with Crippen LogP contribution in [0.25, 0.3) is 0 Å². The summed E-state index contributed by atoms with van der Waals surface area (Å²) in [6.07, 6.45) is -15.6. The lowest BCUT2D eigenvalue weighted by molar-refractivity contribution is -0.362. The van der Waals surface area contributed by atoms with Crippen molar-refractivity contribution in [2.75, 3.05) is 19.8 Å². The van der Waals surface area contributed by atoms with Crippen LogP contribution < -0.4 is 0 Å². The molecular weight excluding hydrogens is 492 g/mol. The number of ether oxygens (including phenoxy) is 5. The molecule has 0 saturated carbocycles. The number of fused-ring (bicyclic) bond motifs is 1. The molecule has 0 aromatic carbocycles. The minimum atomic E-state index is -1.83. The summed E-state index contributed by atoms with van der Waals surface area (Å²) in [5.41, 5.74) is -1.67. The van der Waals surface area contributed by atoms with E-state index in [1.165, 1.54) is 12.2 Å². The number of hydrogen-bond acceptors (Lipinski definition) is 15. The van der Waals surface area contributed by atoms with Crippen LogP contribution in [0.2, 0.25) is 0 Å². The molecule has 206 valence electrons. The van der Waals surface area contributed by atoms with Gasteiger partial charge in [-0.1, -0.05) is 6.08 Å². The first kappa shape index (κ1) is 27.7. The van der Waals surface area contributed by atoms with E-state index in [0.29, 0.717) is 0 Å². The van der Waals surface area contributed by atoms with Crippen LogP contribution >= 0.6 is 0 Å². The molecule has 15 heteroatoms. The van der Waals surface area contributed by atoms with E-state index in [2.05, 4.69) is 0 Å². The third-order valence-corrected chi connectivity index (χ3v) is 7.00. The van der Waals surface area contributed by atoms with Gasteiger partial charge in [0.05, 0.1) is 32.0 Å². The molecule has 1 aliphatic carbocycles. The van der Waals surface area contributed by atoms with Crippen LogP contribution in [0.15, 0.2) is 24.0 Å². The molecule has 14 atom stereocenters. The van der Waals surface area contributed by atoms with E-state index >= 15 is 0 Å². The topological polar surface area (TPSA) is 248 Å². The average molecular weight is 524 g/mol. The van der Waals surface area contributed by atoms with E-state index in [1.54, 1.807) is 0 Å². The minimum absolute atomic E-state index is 0.158. The zero-order valence-corrected chi connectivity index (χ0v) is 18.9. The fourth-order valence-corrected chi connectivity index (χ4v) is 4.92. The molecular formula is C21H32O15. The molecule has 0 amide bonds. The number of hydrogen-bond donors (Lipinski definition) is 10. The normalized spacial score (nSPS) is 50.9. The first-order valence-electron chi connectivity index (χ1n) is 11.4. The van der Waals surface area contributed by atoms with Crippen molar-refractivity contribution >= 4 is 0 Å². The van der Waals surface area contributed by atoms with Crippen molar-refractivity contribution in [2.24, 2.45) is 5.92 Å². The van der Waals surface area contributed by atoms with Gasteiger partial charge in [-0.2, -0.15) is 0 Å². The van der Waals surface area contributed by atoms with Gasteiger partial charge in [0.1, 0.15) is 60.5 Å². The van der Waals surface area contributed by atoms with Crippen molar-refractivity contribution in [1.82, 2.24) is 0 Å². The molecule has 0 spiro atoms. The maximum absolute atomic E-state index is 10.9. The average Bonchev–Trinajstić information content (AvgIpc) is 3.16. The van der Waals surface area contributed by atoms with E-state index in [4.69, 9.17) is 23.7 Å². The van der Waals surface area contributed by atoms with Crippen LogP contribution in [-0.4, -0.2) is 150 Å². The maximum Gasteiger partial charge on any atom is 0.211 e. The predicted molar refractivity (Wildman–Crippen MR) is 111 cm³/mol. The van der Waals surface area contributed by atoms with Crippen molar-refractivity contribution in [2.45, 2.75) is 79.4 Å². The molecule has 15 nitrogen and oxygen atoms in total. The van der Waals surface area contributed by atoms with Crippen LogP contribution in [0.1, 0.15) is 0 Å². The highest BCUT2D eigenvalue weighted by Gasteiger charge is 2.60. The van der Waals surface area contributed by atoms with E-state index < -0.39 is 105 Å². The van der Waals surface area contributed by atoms with Crippen LogP contribution in [0, 0.1) is 5.92 Å². The highest BCUT2D eigenvalue weighted by molar-refractivity contribution is 5.34. The standard InChI is InChI=1S/C21H32O15/c22-4-7-3-10(25)21(36-20-17(31)15(29)13(27)9(6-24)34-20)1-2-32-18(11(7)21)35-19-16(30)14(28)12(26)8(5-23)33-19/h1-3,8-20,22-31H,4-6H2/t8-,9-,10-,11+,12-,13-,14+,15-,16-,17-,18+,19+,20+,21-/m1/s1. The van der Waals surface area contributed by atoms with E-state index in [-0.39, 0.29) is 5.57 Å². The van der Waals surface area contributed by atoms with E-state index in [9.17, 15) is 51.1 Å². The Kier molecular flexibility index (Phi) is 8.35. The monoisotopic (exact) mass is 524 g/mol. The van der Waals surface area contributed by atoms with Crippen molar-refractivity contribution in [1.29, 1.82) is 0 Å². The summed E-state index contributed by atoms with van der Waals surface area (Å²) >= 11 is 0. The number of aliphatic hydroxyl groups excluding tert-OH is 10. The SMILES string of the molecule is OCC1=C[C@@H](O)[C@]2(O[C@@H]3O[C@H](CO)[C@@H](O)[C@@H](O)[C@H]3O)C=CO[C@@H](O[C@@H]3O[C@H](CO)[C@@H](O)[C@H](O)[C@H]3O)[C@H]12. The van der Waals surface area contributed by atoms with Gasteiger partial charge in [-0.3, -0.25) is 0 Å². The van der Waals surface area contributed by atoms with E-state index in [0.717, 1.165) is 6.26 Å². The summed E-state index contributed by atoms with van der Waals surface area (Å²) in [6.45, 7) is -2.02. The predicted octanol–water partition coefficient (Wildman–Crippen LogP) is -5.86. The molecule has 0 unspecified atom stereocenters. The Morgan fingerprint density at radius 3 is 1.83 bits per heavy atom. The van der Waals surface area contributed by atoms with Crippen molar-refractivity contribution in [3.05, 3.63) is 24.0 Å². The molecule has 3 aliphatic heterocycles. The number of aliphatic hydroxyl groups is 10. The van der Waals surface area contributed by atoms with Gasteiger partial charge in [0.15, 0.2) is 12.6 Å². The second-order valence-corrected chi connectivity index (χ2v) is 9.13. The Hall–Kier alpha value is -1.28. The Balaban J connectivity index is 1.60. The highest BCUT2D eigenvalue weighted by Crippen LogP contribution is 2.47. The Morgan fingerprint density at radius 1 is 0.722 bits per heavy atom. The molecule has 0 aromatic heterocycles. The van der Waals surface area contributed by atoms with Gasteiger partial charge >= 0.3 is 0 Å². The molecule has 4 rings (SSSR count). The molecule has 0 aromatic rings. The summed E-state index contributed by atoms with van der Waals surface area (Å²) < 4.78 is 27.9. The first-order valence-corrected chi connectivity index (χ1v) is 11.4. The van der Waals surface area contributed by atoms with Crippen molar-refractivity contribution < 1.29 is 74.7 Å². The third-order valence-electron chi connectivity index (χ3n) is 7.00. The lowest BCUT2D eigenvalue weighted by Crippen LogP contribution is -2.64. The lowest BCUT2D eigenvalue weighted by atomic mass is 9.82. The van der Waals surface area contributed by atoms with Crippen LogP contribution in [0.4, 0.5) is 0 Å². The van der Waals surface area contributed by atoms with Crippen LogP contribution in [-0.2, 0) is 23.7 Å². The Morgan fingerprint density at radius 2 is 1.28 bits per heavy atom. The third kappa shape index (κ3) is 4.59. The van der Waals surface area contributed by atoms with Gasteiger partial charge in [-0.15, -0.1) is 0 Å². The minimum Gasteiger partial charge on any atom is -0.472 e. The second kappa shape index (κ2) is 10.8. The van der Waals surface area contributed by atoms with Crippen molar-refractivity contribution in [3.8, 4) is 0 Å². The van der Waals surface area contributed by atoms with E-state index in [1.807, 2.05) is 0 Å². The Bertz CT molecular complexity index is 819. The van der Waals surface area contributed by atoms with Crippen molar-refractivity contribution in [3.63, 3.8) is 0 Å². The van der Waals surface area contributed by atoms with Crippen LogP contribution in [0.3, 0.4) is 0 Å². The molecule has 36 heavy (non-hydrogen) atoms. The second-order valence-electron chi connectivity index (χ2n) is 9.13. The molecule has 3 heterocycles. The molecule has 2 saturated heterocycles. The smallest absolute Gasteiger partial charge is 0.211 e. The van der Waals surface area contributed by atoms with Gasteiger partial charge in [-0.05, 0) is 11.6 Å². The largest absolute Gasteiger partial charge is 0.472 e. The summed E-state index contributed by atoms with van der Waals surface area (Å²) in [5, 5.41) is 101. The number of rotatable bonds is 7. The summed E-state index contributed by atoms with van der Waals surface area (Å²) in [5.74, 6) is -1.16. The van der Waals surface area contributed by atoms with Gasteiger partial charge in [0.25, 0.3) is 0 Å². The fourth-order valence-electron chi connectivity index (χ4n) is 4.92. The molecule has 4 aliphatic rings. The van der Waals surface area contributed by atoms with Gasteiger partial charge in [-0.25, -0.2) is 0 Å².